The van der Waals surface area contributed by atoms with E-state index in [2.05, 4.69) is 19.7 Å². The molecule has 0 heterocycles. The van der Waals surface area contributed by atoms with Crippen LogP contribution in [0.25, 0.3) is 0 Å². The van der Waals surface area contributed by atoms with Crippen LogP contribution in [0.1, 0.15) is 0 Å². The van der Waals surface area contributed by atoms with Gasteiger partial charge in [0.2, 0.25) is 0 Å². The van der Waals surface area contributed by atoms with Crippen LogP contribution in [0.3, 0.4) is 0 Å². The number of rotatable bonds is 6. The van der Waals surface area contributed by atoms with Crippen LogP contribution in [-0.4, -0.2) is 82.4 Å². The second-order valence-corrected chi connectivity index (χ2v) is 7.39. The van der Waals surface area contributed by atoms with Crippen LogP contribution in [0.4, 0.5) is 0 Å². The Labute approximate surface area is 150 Å². The molecule has 0 aromatic carbocycles. The van der Waals surface area contributed by atoms with Gasteiger partial charge in [-0.3, -0.25) is 0 Å². The van der Waals surface area contributed by atoms with Crippen molar-refractivity contribution >= 4 is 56.6 Å². The summed E-state index contributed by atoms with van der Waals surface area (Å²) in [5, 5.41) is 0. The van der Waals surface area contributed by atoms with Crippen LogP contribution in [0, 0.1) is 0 Å². The zero-order chi connectivity index (χ0) is 17.7. The molecule has 0 fully saturated rings. The van der Waals surface area contributed by atoms with Crippen molar-refractivity contribution in [2.45, 2.75) is 0 Å². The standard InChI is InChI=1S/3C3H6O3S.Bi/c3*1-2-3-7(4,5)6;/h3*2H,1,3H2,(H,4,5,6);/q;;;+3/p-3. The van der Waals surface area contributed by atoms with Gasteiger partial charge in [0.15, 0.2) is 0 Å². The van der Waals surface area contributed by atoms with Gasteiger partial charge in [-0.1, -0.05) is 18.2 Å². The maximum Gasteiger partial charge on any atom is 3.00 e. The normalized spacial score (nSPS) is 10.5. The molecule has 0 aromatic heterocycles. The molecule has 0 aliphatic heterocycles. The van der Waals surface area contributed by atoms with Crippen molar-refractivity contribution in [2.75, 3.05) is 17.3 Å². The Hall–Kier alpha value is -0.167. The van der Waals surface area contributed by atoms with E-state index in [9.17, 15) is 38.9 Å². The van der Waals surface area contributed by atoms with Gasteiger partial charge in [0.1, 0.15) is 0 Å². The summed E-state index contributed by atoms with van der Waals surface area (Å²) in [6, 6.07) is 0. The summed E-state index contributed by atoms with van der Waals surface area (Å²) < 4.78 is 86.4. The Morgan fingerprint density at radius 3 is 0.727 bits per heavy atom. The van der Waals surface area contributed by atoms with Crippen LogP contribution in [0.15, 0.2) is 38.0 Å². The van der Waals surface area contributed by atoms with Crippen molar-refractivity contribution < 1.29 is 38.9 Å². The first-order valence-electron chi connectivity index (χ1n) is 4.82. The van der Waals surface area contributed by atoms with E-state index in [0.29, 0.717) is 0 Å². The Bertz CT molecular complexity index is 527. The van der Waals surface area contributed by atoms with Crippen LogP contribution < -0.4 is 0 Å². The van der Waals surface area contributed by atoms with Gasteiger partial charge in [-0.15, -0.1) is 19.7 Å². The van der Waals surface area contributed by atoms with E-state index in [0.717, 1.165) is 18.2 Å². The zero-order valence-corrected chi connectivity index (χ0v) is 17.2. The van der Waals surface area contributed by atoms with Crippen LogP contribution in [0.5, 0.6) is 0 Å². The van der Waals surface area contributed by atoms with Crippen molar-refractivity contribution in [2.24, 2.45) is 0 Å². The molecule has 0 spiro atoms. The van der Waals surface area contributed by atoms with Gasteiger partial charge in [0.05, 0.1) is 47.6 Å². The fourth-order valence-corrected chi connectivity index (χ4v) is 1.30. The first-order chi connectivity index (χ1) is 9.18. The average Bonchev–Trinajstić information content (AvgIpc) is 2.12. The molecule has 0 atom stereocenters. The molecule has 0 unspecified atom stereocenters. The summed E-state index contributed by atoms with van der Waals surface area (Å²) in [7, 11) is -12.1. The fourth-order valence-electron chi connectivity index (χ4n) is 0.433. The van der Waals surface area contributed by atoms with Gasteiger partial charge >= 0.3 is 26.2 Å². The molecule has 0 amide bonds. The fraction of sp³-hybridized carbons (Fsp3) is 0.333. The summed E-state index contributed by atoms with van der Waals surface area (Å²) in [6.07, 6.45) is 3.17. The summed E-state index contributed by atoms with van der Waals surface area (Å²) >= 11 is 0. The van der Waals surface area contributed by atoms with E-state index in [4.69, 9.17) is 0 Å². The number of hydrogen-bond donors (Lipinski definition) is 0. The third-order valence-corrected chi connectivity index (χ3v) is 2.90. The van der Waals surface area contributed by atoms with Gasteiger partial charge in [-0.2, -0.15) is 0 Å². The van der Waals surface area contributed by atoms with Gasteiger partial charge < -0.3 is 13.7 Å². The summed E-state index contributed by atoms with van der Waals surface area (Å²) in [5.41, 5.74) is 0. The molecule has 0 saturated carbocycles. The van der Waals surface area contributed by atoms with E-state index in [1.54, 1.807) is 0 Å². The molecular weight excluding hydrogens is 557 g/mol. The van der Waals surface area contributed by atoms with Crippen molar-refractivity contribution in [3.63, 3.8) is 0 Å². The maximum atomic E-state index is 9.60. The van der Waals surface area contributed by atoms with Crippen LogP contribution in [0.2, 0.25) is 0 Å². The molecule has 22 heavy (non-hydrogen) atoms. The molecule has 128 valence electrons. The molecule has 2 radical (unpaired) electrons. The molecule has 0 saturated heterocycles. The predicted molar refractivity (Wildman–Crippen MR) is 80.0 cm³/mol. The van der Waals surface area contributed by atoms with Gasteiger partial charge in [0.25, 0.3) is 0 Å². The van der Waals surface area contributed by atoms with E-state index < -0.39 is 47.6 Å². The average molecular weight is 572 g/mol. The van der Waals surface area contributed by atoms with Crippen LogP contribution in [-0.2, 0) is 30.4 Å². The van der Waals surface area contributed by atoms with Gasteiger partial charge in [-0.05, 0) is 0 Å². The molecule has 0 aliphatic rings. The quantitative estimate of drug-likeness (QED) is 0.215. The SMILES string of the molecule is C=CCS(=O)(=O)[O-].C=CCS(=O)(=O)[O-].C=CCS(=O)(=O)[O-].[Bi+3]. The summed E-state index contributed by atoms with van der Waals surface area (Å²) in [6.45, 7) is 9.20. The van der Waals surface area contributed by atoms with E-state index >= 15 is 0 Å². The largest absolute Gasteiger partial charge is 3.00 e. The Kier molecular flexibility index (Phi) is 19.5. The second-order valence-electron chi connectivity index (χ2n) is 3.04. The predicted octanol–water partition coefficient (Wildman–Crippen LogP) is -1.23. The minimum absolute atomic E-state index is 0. The monoisotopic (exact) mass is 572 g/mol. The summed E-state index contributed by atoms with van der Waals surface area (Å²) in [4.78, 5) is 0. The van der Waals surface area contributed by atoms with Crippen molar-refractivity contribution in [3.8, 4) is 0 Å². The smallest absolute Gasteiger partial charge is 0.748 e. The first kappa shape index (κ1) is 29.8. The molecule has 0 aromatic rings. The van der Waals surface area contributed by atoms with Crippen molar-refractivity contribution in [1.82, 2.24) is 0 Å². The minimum atomic E-state index is -4.04. The Morgan fingerprint density at radius 2 is 0.727 bits per heavy atom. The van der Waals surface area contributed by atoms with Gasteiger partial charge in [0, 0.05) is 0 Å². The molecule has 0 rings (SSSR count). The van der Waals surface area contributed by atoms with Gasteiger partial charge in [-0.25, -0.2) is 25.3 Å². The Morgan fingerprint density at radius 1 is 0.591 bits per heavy atom. The number of hydrogen-bond acceptors (Lipinski definition) is 9. The molecule has 13 heteroatoms. The third-order valence-electron chi connectivity index (χ3n) is 0.966. The molecule has 0 N–H and O–H groups in total. The molecule has 0 bridgehead atoms. The molecule has 0 aliphatic carbocycles. The molecule has 9 nitrogen and oxygen atoms in total. The Balaban J connectivity index is -0.000000108. The van der Waals surface area contributed by atoms with Crippen LogP contribution >= 0.6 is 0 Å². The first-order valence-corrected chi connectivity index (χ1v) is 9.55. The van der Waals surface area contributed by atoms with Crippen molar-refractivity contribution in [3.05, 3.63) is 38.0 Å². The topological polar surface area (TPSA) is 172 Å². The second kappa shape index (κ2) is 14.4. The zero-order valence-electron chi connectivity index (χ0n) is 11.3. The van der Waals surface area contributed by atoms with E-state index in [1.807, 2.05) is 0 Å². The molecular formula is C9H15BiO9S3. The third kappa shape index (κ3) is 50.2. The maximum absolute atomic E-state index is 9.60. The minimum Gasteiger partial charge on any atom is -0.748 e. The summed E-state index contributed by atoms with van der Waals surface area (Å²) in [5.74, 6) is -1.44. The van der Waals surface area contributed by atoms with E-state index in [-0.39, 0.29) is 26.2 Å². The van der Waals surface area contributed by atoms with E-state index in [1.165, 1.54) is 0 Å². The van der Waals surface area contributed by atoms with Crippen molar-refractivity contribution in [1.29, 1.82) is 0 Å².